The van der Waals surface area contributed by atoms with Crippen LogP contribution in [0.15, 0.2) is 0 Å². The molecule has 0 aromatic heterocycles. The summed E-state index contributed by atoms with van der Waals surface area (Å²) >= 11 is 0. The maximum Gasteiger partial charge on any atom is 0.109 e. The molecule has 17 heavy (non-hydrogen) atoms. The van der Waals surface area contributed by atoms with Crippen molar-refractivity contribution < 1.29 is 4.74 Å². The average molecular weight is 239 g/mol. The van der Waals surface area contributed by atoms with Gasteiger partial charge in [-0.3, -0.25) is 4.90 Å². The largest absolute Gasteiger partial charge is 0.379 e. The zero-order chi connectivity index (χ0) is 12.9. The fourth-order valence-electron chi connectivity index (χ4n) is 2.46. The molecule has 1 saturated heterocycles. The highest BCUT2D eigenvalue weighted by Gasteiger charge is 2.37. The van der Waals surface area contributed by atoms with Crippen LogP contribution in [0.2, 0.25) is 0 Å². The summed E-state index contributed by atoms with van der Waals surface area (Å²) in [7, 11) is 1.71. The van der Waals surface area contributed by atoms with Gasteiger partial charge >= 0.3 is 0 Å². The molecule has 0 bridgehead atoms. The van der Waals surface area contributed by atoms with E-state index in [0.29, 0.717) is 0 Å². The third-order valence-electron chi connectivity index (χ3n) is 3.60. The minimum absolute atomic E-state index is 0.260. The van der Waals surface area contributed by atoms with Crippen LogP contribution in [0.4, 0.5) is 0 Å². The first-order chi connectivity index (χ1) is 7.93. The molecule has 0 radical (unpaired) electrons. The van der Waals surface area contributed by atoms with Gasteiger partial charge in [-0.15, -0.1) is 0 Å². The fourth-order valence-corrected chi connectivity index (χ4v) is 2.46. The van der Waals surface area contributed by atoms with Crippen LogP contribution in [0.1, 0.15) is 33.6 Å². The Morgan fingerprint density at radius 2 is 2.00 bits per heavy atom. The van der Waals surface area contributed by atoms with Crippen molar-refractivity contribution in [1.82, 2.24) is 10.2 Å². The van der Waals surface area contributed by atoms with Crippen molar-refractivity contribution in [3.63, 3.8) is 0 Å². The highest BCUT2D eigenvalue weighted by atomic mass is 16.5. The summed E-state index contributed by atoms with van der Waals surface area (Å²) in [6.45, 7) is 10.0. The molecule has 0 amide bonds. The van der Waals surface area contributed by atoms with Gasteiger partial charge in [0.15, 0.2) is 0 Å². The van der Waals surface area contributed by atoms with Crippen LogP contribution >= 0.6 is 0 Å². The van der Waals surface area contributed by atoms with E-state index < -0.39 is 5.54 Å². The number of nitrogens with one attached hydrogen (secondary N) is 1. The highest BCUT2D eigenvalue weighted by molar-refractivity contribution is 5.08. The minimum Gasteiger partial charge on any atom is -0.379 e. The van der Waals surface area contributed by atoms with Crippen molar-refractivity contribution in [3.05, 3.63) is 0 Å². The second-order valence-corrected chi connectivity index (χ2v) is 5.62. The molecule has 98 valence electrons. The molecule has 0 saturated carbocycles. The van der Waals surface area contributed by atoms with Crippen LogP contribution in [0.5, 0.6) is 0 Å². The van der Waals surface area contributed by atoms with Crippen LogP contribution < -0.4 is 5.32 Å². The molecule has 1 heterocycles. The van der Waals surface area contributed by atoms with Crippen LogP contribution in [-0.4, -0.2) is 49.3 Å². The number of nitriles is 1. The molecule has 0 spiro atoms. The number of rotatable bonds is 4. The normalized spacial score (nSPS) is 22.5. The predicted molar refractivity (Wildman–Crippen MR) is 68.8 cm³/mol. The monoisotopic (exact) mass is 239 g/mol. The predicted octanol–water partition coefficient (Wildman–Crippen LogP) is 1.38. The summed E-state index contributed by atoms with van der Waals surface area (Å²) in [4.78, 5) is 2.29. The van der Waals surface area contributed by atoms with E-state index >= 15 is 0 Å². The van der Waals surface area contributed by atoms with E-state index in [1.54, 1.807) is 7.11 Å². The van der Waals surface area contributed by atoms with E-state index in [2.05, 4.69) is 16.3 Å². The smallest absolute Gasteiger partial charge is 0.109 e. The standard InChI is InChI=1S/C13H25N3O/c1-12(2,17-4)10-13(3,11-14)16-8-5-6-15-7-9-16/h15H,5-10H2,1-4H3. The van der Waals surface area contributed by atoms with Gasteiger partial charge in [0, 0.05) is 33.2 Å². The zero-order valence-electron chi connectivity index (χ0n) is 11.5. The van der Waals surface area contributed by atoms with Crippen molar-refractivity contribution in [2.24, 2.45) is 0 Å². The third-order valence-corrected chi connectivity index (χ3v) is 3.60. The zero-order valence-corrected chi connectivity index (χ0v) is 11.5. The van der Waals surface area contributed by atoms with Crippen molar-refractivity contribution in [1.29, 1.82) is 5.26 Å². The van der Waals surface area contributed by atoms with Gasteiger partial charge < -0.3 is 10.1 Å². The molecule has 1 atom stereocenters. The fraction of sp³-hybridized carbons (Fsp3) is 0.923. The summed E-state index contributed by atoms with van der Waals surface area (Å²) < 4.78 is 5.46. The van der Waals surface area contributed by atoms with Crippen LogP contribution in [0.25, 0.3) is 0 Å². The molecule has 1 N–H and O–H groups in total. The topological polar surface area (TPSA) is 48.3 Å². The average Bonchev–Trinajstić information content (AvgIpc) is 2.57. The van der Waals surface area contributed by atoms with Gasteiger partial charge in [-0.2, -0.15) is 5.26 Å². The molecule has 1 aliphatic rings. The van der Waals surface area contributed by atoms with Gasteiger partial charge in [0.1, 0.15) is 5.54 Å². The molecule has 4 nitrogen and oxygen atoms in total. The Kier molecular flexibility index (Phi) is 4.93. The molecule has 4 heteroatoms. The van der Waals surface area contributed by atoms with Crippen LogP contribution in [0, 0.1) is 11.3 Å². The minimum atomic E-state index is -0.439. The maximum atomic E-state index is 9.52. The van der Waals surface area contributed by atoms with Gasteiger partial charge in [0.25, 0.3) is 0 Å². The molecule has 0 aliphatic carbocycles. The quantitative estimate of drug-likeness (QED) is 0.805. The summed E-state index contributed by atoms with van der Waals surface area (Å²) in [5.41, 5.74) is -0.699. The Hall–Kier alpha value is -0.630. The Morgan fingerprint density at radius 3 is 2.59 bits per heavy atom. The van der Waals surface area contributed by atoms with Crippen LogP contribution in [0.3, 0.4) is 0 Å². The summed E-state index contributed by atoms with van der Waals surface area (Å²) in [5, 5.41) is 12.9. The van der Waals surface area contributed by atoms with E-state index in [1.807, 2.05) is 20.8 Å². The Balaban J connectivity index is 2.76. The van der Waals surface area contributed by atoms with Gasteiger partial charge in [-0.25, -0.2) is 0 Å². The van der Waals surface area contributed by atoms with E-state index in [0.717, 1.165) is 39.0 Å². The summed E-state index contributed by atoms with van der Waals surface area (Å²) in [6, 6.07) is 2.48. The first-order valence-electron chi connectivity index (χ1n) is 6.36. The van der Waals surface area contributed by atoms with Crippen molar-refractivity contribution in [2.45, 2.75) is 44.8 Å². The number of methoxy groups -OCH3 is 1. The third kappa shape index (κ3) is 3.95. The SMILES string of the molecule is COC(C)(C)CC(C)(C#N)N1CCCNCC1. The second-order valence-electron chi connectivity index (χ2n) is 5.62. The molecule has 1 fully saturated rings. The molecule has 0 aromatic carbocycles. The summed E-state index contributed by atoms with van der Waals surface area (Å²) in [6.07, 6.45) is 1.83. The van der Waals surface area contributed by atoms with Crippen molar-refractivity contribution in [3.8, 4) is 6.07 Å². The Labute approximate surface area is 105 Å². The van der Waals surface area contributed by atoms with Gasteiger partial charge in [0.2, 0.25) is 0 Å². The summed E-state index contributed by atoms with van der Waals surface area (Å²) in [5.74, 6) is 0. The number of hydrogen-bond acceptors (Lipinski definition) is 4. The molecular formula is C13H25N3O. The Morgan fingerprint density at radius 1 is 1.29 bits per heavy atom. The molecular weight excluding hydrogens is 214 g/mol. The van der Waals surface area contributed by atoms with Crippen LogP contribution in [-0.2, 0) is 4.74 Å². The van der Waals surface area contributed by atoms with Gasteiger partial charge in [0.05, 0.1) is 11.7 Å². The molecule has 1 rings (SSSR count). The van der Waals surface area contributed by atoms with Gasteiger partial charge in [-0.05, 0) is 33.7 Å². The lowest BCUT2D eigenvalue weighted by molar-refractivity contribution is -0.0202. The van der Waals surface area contributed by atoms with Gasteiger partial charge in [-0.1, -0.05) is 0 Å². The molecule has 1 aliphatic heterocycles. The van der Waals surface area contributed by atoms with E-state index in [1.165, 1.54) is 0 Å². The van der Waals surface area contributed by atoms with Crippen molar-refractivity contribution >= 4 is 0 Å². The first-order valence-corrected chi connectivity index (χ1v) is 6.36. The number of hydrogen-bond donors (Lipinski definition) is 1. The second kappa shape index (κ2) is 5.81. The number of nitrogens with zero attached hydrogens (tertiary/aromatic N) is 2. The first kappa shape index (κ1) is 14.4. The lowest BCUT2D eigenvalue weighted by Gasteiger charge is -2.39. The van der Waals surface area contributed by atoms with E-state index in [4.69, 9.17) is 4.74 Å². The maximum absolute atomic E-state index is 9.52. The molecule has 0 aromatic rings. The van der Waals surface area contributed by atoms with Crippen molar-refractivity contribution in [2.75, 3.05) is 33.3 Å². The number of ether oxygens (including phenoxy) is 1. The lowest BCUT2D eigenvalue weighted by atomic mass is 9.87. The Bertz CT molecular complexity index is 277. The molecule has 1 unspecified atom stereocenters. The van der Waals surface area contributed by atoms with E-state index in [-0.39, 0.29) is 5.60 Å². The lowest BCUT2D eigenvalue weighted by Crippen LogP contribution is -2.51. The van der Waals surface area contributed by atoms with E-state index in [9.17, 15) is 5.26 Å². The highest BCUT2D eigenvalue weighted by Crippen LogP contribution is 2.28.